The molecule has 9 aromatic carbocycles. The summed E-state index contributed by atoms with van der Waals surface area (Å²) >= 11 is 0. The molecule has 1 heterocycles. The zero-order valence-corrected chi connectivity index (χ0v) is 28.4. The molecular weight excluding hydrogens is 631 g/mol. The summed E-state index contributed by atoms with van der Waals surface area (Å²) in [5.41, 5.74) is 12.1. The van der Waals surface area contributed by atoms with Gasteiger partial charge in [-0.25, -0.2) is 0 Å². The van der Waals surface area contributed by atoms with Crippen LogP contribution in [-0.4, -0.2) is 0 Å². The van der Waals surface area contributed by atoms with Gasteiger partial charge in [-0.2, -0.15) is 0 Å². The van der Waals surface area contributed by atoms with Crippen molar-refractivity contribution in [2.45, 2.75) is 0 Å². The fourth-order valence-electron chi connectivity index (χ4n) is 7.58. The Morgan fingerprint density at radius 2 is 0.788 bits per heavy atom. The second-order valence-corrected chi connectivity index (χ2v) is 13.4. The predicted molar refractivity (Wildman–Crippen MR) is 220 cm³/mol. The highest BCUT2D eigenvalue weighted by atomic mass is 16.3. The molecule has 0 aliphatic carbocycles. The minimum Gasteiger partial charge on any atom is -0.456 e. The third-order valence-corrected chi connectivity index (χ3v) is 10.2. The van der Waals surface area contributed by atoms with Crippen molar-refractivity contribution < 1.29 is 4.42 Å². The number of hydrogen-bond acceptors (Lipinski definition) is 2. The third kappa shape index (κ3) is 5.30. The number of anilines is 3. The van der Waals surface area contributed by atoms with E-state index in [0.717, 1.165) is 39.0 Å². The highest BCUT2D eigenvalue weighted by Crippen LogP contribution is 2.42. The lowest BCUT2D eigenvalue weighted by atomic mass is 9.96. The maximum Gasteiger partial charge on any atom is 0.137 e. The summed E-state index contributed by atoms with van der Waals surface area (Å²) in [6.07, 6.45) is 0. The number of hydrogen-bond donors (Lipinski definition) is 0. The largest absolute Gasteiger partial charge is 0.456 e. The van der Waals surface area contributed by atoms with E-state index in [-0.39, 0.29) is 0 Å². The van der Waals surface area contributed by atoms with Crippen LogP contribution in [0.5, 0.6) is 0 Å². The van der Waals surface area contributed by atoms with Crippen molar-refractivity contribution in [2.75, 3.05) is 4.90 Å². The average molecular weight is 664 g/mol. The standard InChI is InChI=1S/C50H33NO/c1-3-9-34(10-4-1)37-19-24-43(25-20-37)51(44-26-21-38(22-27-44)35-11-5-2-6-12-35)45-28-29-46-49(33-45)52-48-30-23-39-16-18-42(32-47(39)50(46)48)41-17-15-36-13-7-8-14-40(36)31-41/h1-33H. The van der Waals surface area contributed by atoms with Crippen LogP contribution in [0, 0.1) is 0 Å². The molecule has 52 heavy (non-hydrogen) atoms. The molecular formula is C50H33NO. The van der Waals surface area contributed by atoms with Gasteiger partial charge >= 0.3 is 0 Å². The summed E-state index contributed by atoms with van der Waals surface area (Å²) in [4.78, 5) is 2.31. The molecule has 10 rings (SSSR count). The van der Waals surface area contributed by atoms with Crippen molar-refractivity contribution in [3.05, 3.63) is 200 Å². The molecule has 1 aromatic heterocycles. The normalized spacial score (nSPS) is 11.5. The topological polar surface area (TPSA) is 16.4 Å². The van der Waals surface area contributed by atoms with Crippen LogP contribution in [0.2, 0.25) is 0 Å². The van der Waals surface area contributed by atoms with Crippen LogP contribution < -0.4 is 4.90 Å². The first-order valence-electron chi connectivity index (χ1n) is 17.7. The van der Waals surface area contributed by atoms with Gasteiger partial charge in [0.1, 0.15) is 11.2 Å². The van der Waals surface area contributed by atoms with E-state index in [0.29, 0.717) is 0 Å². The Bertz CT molecular complexity index is 2790. The minimum absolute atomic E-state index is 0.864. The van der Waals surface area contributed by atoms with Crippen LogP contribution in [-0.2, 0) is 0 Å². The van der Waals surface area contributed by atoms with Gasteiger partial charge in [-0.3, -0.25) is 0 Å². The van der Waals surface area contributed by atoms with Crippen molar-refractivity contribution in [1.29, 1.82) is 0 Å². The molecule has 0 N–H and O–H groups in total. The molecule has 0 unspecified atom stereocenters. The Balaban J connectivity index is 1.09. The number of furan rings is 1. The summed E-state index contributed by atoms with van der Waals surface area (Å²) in [5, 5.41) is 7.14. The van der Waals surface area contributed by atoms with Gasteiger partial charge in [0, 0.05) is 33.9 Å². The molecule has 0 bridgehead atoms. The van der Waals surface area contributed by atoms with Crippen LogP contribution in [0.4, 0.5) is 17.1 Å². The molecule has 0 spiro atoms. The van der Waals surface area contributed by atoms with Gasteiger partial charge in [-0.1, -0.05) is 140 Å². The monoisotopic (exact) mass is 663 g/mol. The van der Waals surface area contributed by atoms with E-state index in [1.54, 1.807) is 0 Å². The van der Waals surface area contributed by atoms with Gasteiger partial charge in [0.15, 0.2) is 0 Å². The van der Waals surface area contributed by atoms with Crippen LogP contribution in [0.3, 0.4) is 0 Å². The molecule has 10 aromatic rings. The van der Waals surface area contributed by atoms with Gasteiger partial charge in [0.2, 0.25) is 0 Å². The number of rotatable bonds is 6. The Kier molecular flexibility index (Phi) is 7.18. The van der Waals surface area contributed by atoms with Gasteiger partial charge in [0.05, 0.1) is 0 Å². The molecule has 0 radical (unpaired) electrons. The number of nitrogens with zero attached hydrogens (tertiary/aromatic N) is 1. The maximum atomic E-state index is 6.65. The first-order chi connectivity index (χ1) is 25.7. The smallest absolute Gasteiger partial charge is 0.137 e. The zero-order chi connectivity index (χ0) is 34.4. The van der Waals surface area contributed by atoms with Crippen LogP contribution in [0.15, 0.2) is 205 Å². The molecule has 0 saturated heterocycles. The van der Waals surface area contributed by atoms with Crippen LogP contribution >= 0.6 is 0 Å². The molecule has 0 aliphatic rings. The molecule has 0 atom stereocenters. The highest BCUT2D eigenvalue weighted by Gasteiger charge is 2.17. The van der Waals surface area contributed by atoms with E-state index < -0.39 is 0 Å². The molecule has 0 amide bonds. The second-order valence-electron chi connectivity index (χ2n) is 13.4. The second kappa shape index (κ2) is 12.5. The van der Waals surface area contributed by atoms with Crippen molar-refractivity contribution in [2.24, 2.45) is 0 Å². The molecule has 2 heteroatoms. The van der Waals surface area contributed by atoms with Crippen LogP contribution in [0.1, 0.15) is 0 Å². The summed E-state index contributed by atoms with van der Waals surface area (Å²) in [7, 11) is 0. The quantitative estimate of drug-likeness (QED) is 0.176. The van der Waals surface area contributed by atoms with E-state index in [9.17, 15) is 0 Å². The third-order valence-electron chi connectivity index (χ3n) is 10.2. The van der Waals surface area contributed by atoms with Gasteiger partial charge < -0.3 is 9.32 Å². The minimum atomic E-state index is 0.864. The van der Waals surface area contributed by atoms with E-state index in [1.807, 2.05) is 0 Å². The first-order valence-corrected chi connectivity index (χ1v) is 17.7. The zero-order valence-electron chi connectivity index (χ0n) is 28.4. The summed E-state index contributed by atoms with van der Waals surface area (Å²) in [6, 6.07) is 71.6. The van der Waals surface area contributed by atoms with Gasteiger partial charge in [-0.15, -0.1) is 0 Å². The maximum absolute atomic E-state index is 6.65. The SMILES string of the molecule is c1ccc(-c2ccc(N(c3ccc(-c4ccccc4)cc3)c3ccc4c(c3)oc3ccc5ccc(-c6ccc7ccccc7c6)cc5c34)cc2)cc1. The lowest BCUT2D eigenvalue weighted by Crippen LogP contribution is -2.09. The Labute approximate surface area is 302 Å². The van der Waals surface area contributed by atoms with E-state index in [4.69, 9.17) is 4.42 Å². The number of fused-ring (bicyclic) bond motifs is 6. The van der Waals surface area contributed by atoms with Crippen molar-refractivity contribution in [1.82, 2.24) is 0 Å². The molecule has 2 nitrogen and oxygen atoms in total. The van der Waals surface area contributed by atoms with E-state index in [1.165, 1.54) is 54.9 Å². The Morgan fingerprint density at radius 1 is 0.288 bits per heavy atom. The first kappa shape index (κ1) is 30.0. The molecule has 0 aliphatic heterocycles. The molecule has 0 saturated carbocycles. The van der Waals surface area contributed by atoms with Crippen molar-refractivity contribution in [3.63, 3.8) is 0 Å². The summed E-state index contributed by atoms with van der Waals surface area (Å²) in [5.74, 6) is 0. The van der Waals surface area contributed by atoms with Crippen molar-refractivity contribution >= 4 is 60.5 Å². The summed E-state index contributed by atoms with van der Waals surface area (Å²) in [6.45, 7) is 0. The van der Waals surface area contributed by atoms with Crippen LogP contribution in [0.25, 0.3) is 76.9 Å². The predicted octanol–water partition coefficient (Wildman–Crippen LogP) is 14.4. The highest BCUT2D eigenvalue weighted by molar-refractivity contribution is 6.19. The lowest BCUT2D eigenvalue weighted by Gasteiger charge is -2.26. The lowest BCUT2D eigenvalue weighted by molar-refractivity contribution is 0.669. The molecule has 0 fully saturated rings. The fourth-order valence-corrected chi connectivity index (χ4v) is 7.58. The summed E-state index contributed by atoms with van der Waals surface area (Å²) < 4.78 is 6.65. The Morgan fingerprint density at radius 3 is 1.44 bits per heavy atom. The number of benzene rings is 9. The average Bonchev–Trinajstić information content (AvgIpc) is 3.60. The van der Waals surface area contributed by atoms with Gasteiger partial charge in [0.25, 0.3) is 0 Å². The van der Waals surface area contributed by atoms with Gasteiger partial charge in [-0.05, 0) is 110 Å². The Hall–Kier alpha value is -6.90. The molecule has 244 valence electrons. The fraction of sp³-hybridized carbons (Fsp3) is 0. The van der Waals surface area contributed by atoms with E-state index >= 15 is 0 Å². The van der Waals surface area contributed by atoms with Crippen molar-refractivity contribution in [3.8, 4) is 33.4 Å². The van der Waals surface area contributed by atoms with E-state index in [2.05, 4.69) is 205 Å².